The zero-order valence-corrected chi connectivity index (χ0v) is 14.5. The highest BCUT2D eigenvalue weighted by Crippen LogP contribution is 2.23. The van der Waals surface area contributed by atoms with Crippen molar-refractivity contribution in [2.24, 2.45) is 0 Å². The Morgan fingerprint density at radius 3 is 2.54 bits per heavy atom. The SMILES string of the molecule is CCCCOc1ccccc1NCC(=O)N(C)Cc1ccccc1. The minimum absolute atomic E-state index is 0.0437. The monoisotopic (exact) mass is 326 g/mol. The summed E-state index contributed by atoms with van der Waals surface area (Å²) in [5.74, 6) is 0.840. The Morgan fingerprint density at radius 2 is 1.79 bits per heavy atom. The first kappa shape index (κ1) is 17.9. The van der Waals surface area contributed by atoms with E-state index in [4.69, 9.17) is 4.74 Å². The summed E-state index contributed by atoms with van der Waals surface area (Å²) in [5, 5.41) is 3.19. The van der Waals surface area contributed by atoms with Crippen LogP contribution in [0.4, 0.5) is 5.69 Å². The van der Waals surface area contributed by atoms with Crippen LogP contribution in [-0.4, -0.2) is 31.0 Å². The number of ether oxygens (including phenoxy) is 1. The standard InChI is InChI=1S/C20H26N2O2/c1-3-4-14-24-19-13-9-8-12-18(19)21-15-20(23)22(2)16-17-10-6-5-7-11-17/h5-13,21H,3-4,14-16H2,1-2H3. The number of nitrogens with one attached hydrogen (secondary N) is 1. The van der Waals surface area contributed by atoms with Crippen LogP contribution in [0, 0.1) is 0 Å². The van der Waals surface area contributed by atoms with E-state index in [9.17, 15) is 4.79 Å². The molecule has 0 aliphatic heterocycles. The van der Waals surface area contributed by atoms with Crippen LogP contribution in [0.3, 0.4) is 0 Å². The van der Waals surface area contributed by atoms with Gasteiger partial charge in [0.15, 0.2) is 0 Å². The molecule has 4 nitrogen and oxygen atoms in total. The predicted octanol–water partition coefficient (Wildman–Crippen LogP) is 3.94. The van der Waals surface area contributed by atoms with Gasteiger partial charge < -0.3 is 15.0 Å². The number of nitrogens with zero attached hydrogens (tertiary/aromatic N) is 1. The highest BCUT2D eigenvalue weighted by atomic mass is 16.5. The van der Waals surface area contributed by atoms with Gasteiger partial charge in [0.2, 0.25) is 5.91 Å². The molecule has 0 bridgehead atoms. The summed E-state index contributed by atoms with van der Waals surface area (Å²) >= 11 is 0. The second-order valence-electron chi connectivity index (χ2n) is 5.79. The number of likely N-dealkylation sites (N-methyl/N-ethyl adjacent to an activating group) is 1. The van der Waals surface area contributed by atoms with Gasteiger partial charge in [-0.15, -0.1) is 0 Å². The highest BCUT2D eigenvalue weighted by Gasteiger charge is 2.10. The normalized spacial score (nSPS) is 10.2. The molecule has 0 aromatic heterocycles. The van der Waals surface area contributed by atoms with Crippen molar-refractivity contribution in [1.29, 1.82) is 0 Å². The lowest BCUT2D eigenvalue weighted by Gasteiger charge is -2.19. The molecule has 2 rings (SSSR count). The molecule has 0 unspecified atom stereocenters. The fourth-order valence-electron chi connectivity index (χ4n) is 2.32. The topological polar surface area (TPSA) is 41.6 Å². The van der Waals surface area contributed by atoms with Gasteiger partial charge in [0, 0.05) is 13.6 Å². The number of hydrogen-bond acceptors (Lipinski definition) is 3. The minimum Gasteiger partial charge on any atom is -0.491 e. The zero-order valence-electron chi connectivity index (χ0n) is 14.5. The predicted molar refractivity (Wildman–Crippen MR) is 98.3 cm³/mol. The molecule has 0 saturated heterocycles. The van der Waals surface area contributed by atoms with Crippen molar-refractivity contribution in [3.63, 3.8) is 0 Å². The molecule has 0 fully saturated rings. The van der Waals surface area contributed by atoms with E-state index in [0.717, 1.165) is 29.8 Å². The molecule has 0 radical (unpaired) electrons. The van der Waals surface area contributed by atoms with E-state index in [1.165, 1.54) is 0 Å². The summed E-state index contributed by atoms with van der Waals surface area (Å²) in [5.41, 5.74) is 1.98. The molecular weight excluding hydrogens is 300 g/mol. The van der Waals surface area contributed by atoms with Crippen LogP contribution < -0.4 is 10.1 Å². The van der Waals surface area contributed by atoms with Crippen molar-refractivity contribution < 1.29 is 9.53 Å². The van der Waals surface area contributed by atoms with Gasteiger partial charge in [0.1, 0.15) is 5.75 Å². The maximum atomic E-state index is 12.3. The van der Waals surface area contributed by atoms with Gasteiger partial charge in [-0.05, 0) is 24.1 Å². The van der Waals surface area contributed by atoms with Gasteiger partial charge in [0.05, 0.1) is 18.8 Å². The number of hydrogen-bond donors (Lipinski definition) is 1. The minimum atomic E-state index is 0.0437. The van der Waals surface area contributed by atoms with Crippen molar-refractivity contribution in [1.82, 2.24) is 4.90 Å². The van der Waals surface area contributed by atoms with E-state index < -0.39 is 0 Å². The molecule has 1 N–H and O–H groups in total. The Kier molecular flexibility index (Phi) is 7.15. The molecule has 24 heavy (non-hydrogen) atoms. The van der Waals surface area contributed by atoms with Crippen LogP contribution in [0.15, 0.2) is 54.6 Å². The maximum absolute atomic E-state index is 12.3. The summed E-state index contributed by atoms with van der Waals surface area (Å²) in [6.07, 6.45) is 2.12. The van der Waals surface area contributed by atoms with Crippen molar-refractivity contribution >= 4 is 11.6 Å². The summed E-state index contributed by atoms with van der Waals surface area (Å²) in [4.78, 5) is 14.0. The Morgan fingerprint density at radius 1 is 1.08 bits per heavy atom. The number of amides is 1. The van der Waals surface area contributed by atoms with Crippen LogP contribution in [0.1, 0.15) is 25.3 Å². The van der Waals surface area contributed by atoms with Gasteiger partial charge in [0.25, 0.3) is 0 Å². The van der Waals surface area contributed by atoms with E-state index in [-0.39, 0.29) is 12.5 Å². The van der Waals surface area contributed by atoms with E-state index in [1.807, 2.05) is 61.6 Å². The first-order valence-electron chi connectivity index (χ1n) is 8.44. The average molecular weight is 326 g/mol. The Balaban J connectivity index is 1.87. The molecule has 0 spiro atoms. The summed E-state index contributed by atoms with van der Waals surface area (Å²) in [6, 6.07) is 17.7. The lowest BCUT2D eigenvalue weighted by molar-refractivity contribution is -0.128. The number of rotatable bonds is 9. The van der Waals surface area contributed by atoms with E-state index in [0.29, 0.717) is 13.2 Å². The fourth-order valence-corrected chi connectivity index (χ4v) is 2.32. The molecule has 0 heterocycles. The number of para-hydroxylation sites is 2. The molecule has 0 aliphatic rings. The molecule has 0 saturated carbocycles. The molecule has 4 heteroatoms. The average Bonchev–Trinajstić information content (AvgIpc) is 2.61. The van der Waals surface area contributed by atoms with Gasteiger partial charge in [-0.2, -0.15) is 0 Å². The Bertz CT molecular complexity index is 629. The molecule has 2 aromatic carbocycles. The van der Waals surface area contributed by atoms with Gasteiger partial charge in [-0.1, -0.05) is 55.8 Å². The molecule has 2 aromatic rings. The van der Waals surface area contributed by atoms with E-state index >= 15 is 0 Å². The van der Waals surface area contributed by atoms with Crippen LogP contribution in [-0.2, 0) is 11.3 Å². The Labute approximate surface area is 144 Å². The lowest BCUT2D eigenvalue weighted by atomic mass is 10.2. The second kappa shape index (κ2) is 9.60. The van der Waals surface area contributed by atoms with Crippen molar-refractivity contribution in [3.8, 4) is 5.75 Å². The number of anilines is 1. The van der Waals surface area contributed by atoms with Crippen molar-refractivity contribution in [2.45, 2.75) is 26.3 Å². The van der Waals surface area contributed by atoms with Crippen molar-refractivity contribution in [2.75, 3.05) is 25.5 Å². The number of benzene rings is 2. The maximum Gasteiger partial charge on any atom is 0.241 e. The molecular formula is C20H26N2O2. The number of carbonyl (C=O) groups is 1. The summed E-state index contributed by atoms with van der Waals surface area (Å²) < 4.78 is 5.78. The van der Waals surface area contributed by atoms with Crippen LogP contribution in [0.5, 0.6) is 5.75 Å². The summed E-state index contributed by atoms with van der Waals surface area (Å²) in [6.45, 7) is 3.68. The van der Waals surface area contributed by atoms with E-state index in [1.54, 1.807) is 4.90 Å². The van der Waals surface area contributed by atoms with Crippen LogP contribution in [0.2, 0.25) is 0 Å². The lowest BCUT2D eigenvalue weighted by Crippen LogP contribution is -2.31. The van der Waals surface area contributed by atoms with Crippen molar-refractivity contribution in [3.05, 3.63) is 60.2 Å². The smallest absolute Gasteiger partial charge is 0.241 e. The second-order valence-corrected chi connectivity index (χ2v) is 5.79. The fraction of sp³-hybridized carbons (Fsp3) is 0.350. The molecule has 0 atom stereocenters. The molecule has 0 aliphatic carbocycles. The number of unbranched alkanes of at least 4 members (excludes halogenated alkanes) is 1. The Hall–Kier alpha value is -2.49. The molecule has 1 amide bonds. The largest absolute Gasteiger partial charge is 0.491 e. The third-order valence-corrected chi connectivity index (χ3v) is 3.76. The third kappa shape index (κ3) is 5.61. The zero-order chi connectivity index (χ0) is 17.2. The highest BCUT2D eigenvalue weighted by molar-refractivity contribution is 5.81. The van der Waals surface area contributed by atoms with E-state index in [2.05, 4.69) is 12.2 Å². The first-order valence-corrected chi connectivity index (χ1v) is 8.44. The third-order valence-electron chi connectivity index (χ3n) is 3.76. The van der Waals surface area contributed by atoms with Gasteiger partial charge in [-0.3, -0.25) is 4.79 Å². The molecule has 128 valence electrons. The van der Waals surface area contributed by atoms with Crippen LogP contribution in [0.25, 0.3) is 0 Å². The quantitative estimate of drug-likeness (QED) is 0.710. The first-order chi connectivity index (χ1) is 11.7. The van der Waals surface area contributed by atoms with Gasteiger partial charge >= 0.3 is 0 Å². The van der Waals surface area contributed by atoms with Crippen LogP contribution >= 0.6 is 0 Å². The summed E-state index contributed by atoms with van der Waals surface area (Å²) in [7, 11) is 1.82. The number of carbonyl (C=O) groups excluding carboxylic acids is 1. The van der Waals surface area contributed by atoms with Gasteiger partial charge in [-0.25, -0.2) is 0 Å².